The summed E-state index contributed by atoms with van der Waals surface area (Å²) in [5.41, 5.74) is 6.05. The average Bonchev–Trinajstić information content (AvgIpc) is 2.41. The fourth-order valence-electron chi connectivity index (χ4n) is 9.32. The minimum absolute atomic E-state index is 0.00621. The monoisotopic (exact) mass is 1230 g/mol. The maximum Gasteiger partial charge on any atom is 0.472 e. The Morgan fingerprint density at radius 1 is 0.409 bits per heavy atom. The minimum atomic E-state index is -4.97. The SMILES string of the molecule is C[N+](C)(C)CCOP(=O)(O)OC[C@H]1O[C@@H](OC[C@H]2O[C@@H](OCCCCCCN)[C@H](OC(=O)c3ccccc3)[C@@H](OC(=O)c3ccccc3)[C@H]2OC(=O)c2ccccc2)[C@H](OC(=O)c2ccccc2)[C@@H](OC(=O)c2ccccc2)[C@H]1OC(=O)c1ccccc1. The molecule has 2 aliphatic heterocycles. The first-order chi connectivity index (χ1) is 42.5. The van der Waals surface area contributed by atoms with Crippen LogP contribution in [0.5, 0.6) is 0 Å². The van der Waals surface area contributed by atoms with Gasteiger partial charge >= 0.3 is 43.6 Å². The lowest BCUT2D eigenvalue weighted by atomic mass is 9.96. The Balaban J connectivity index is 1.24. The molecular formula is C65H72N2O20P+. The predicted octanol–water partition coefficient (Wildman–Crippen LogP) is 8.18. The van der Waals surface area contributed by atoms with Gasteiger partial charge in [0.05, 0.1) is 67.7 Å². The number of quaternary nitrogens is 1. The number of esters is 6. The van der Waals surface area contributed by atoms with Gasteiger partial charge in [0.15, 0.2) is 49.2 Å². The van der Waals surface area contributed by atoms with E-state index in [2.05, 4.69) is 0 Å². The summed E-state index contributed by atoms with van der Waals surface area (Å²) in [6, 6.07) is 46.8. The van der Waals surface area contributed by atoms with Crippen LogP contribution in [0.2, 0.25) is 0 Å². The van der Waals surface area contributed by atoms with E-state index in [1.807, 2.05) is 21.1 Å². The first kappa shape index (κ1) is 66.0. The molecule has 1 unspecified atom stereocenters. The molecule has 0 aliphatic carbocycles. The van der Waals surface area contributed by atoms with E-state index in [9.17, 15) is 38.2 Å². The molecule has 3 N–H and O–H groups in total. The zero-order chi connectivity index (χ0) is 62.5. The summed E-state index contributed by atoms with van der Waals surface area (Å²) in [6.45, 7) is -1.18. The van der Waals surface area contributed by atoms with Gasteiger partial charge in [0.25, 0.3) is 0 Å². The van der Waals surface area contributed by atoms with Gasteiger partial charge in [-0.05, 0) is 92.2 Å². The van der Waals surface area contributed by atoms with Gasteiger partial charge in [0.2, 0.25) is 0 Å². The van der Waals surface area contributed by atoms with Gasteiger partial charge in [-0.2, -0.15) is 0 Å². The van der Waals surface area contributed by atoms with Crippen LogP contribution in [0, 0.1) is 0 Å². The standard InChI is InChI=1S/C65H71N2O20P/c1-67(2,3)39-41-78-88(74,75)79-43-51-53(83-59(69)45-28-14-7-15-29-45)55(85-61(71)47-32-18-9-19-33-47)57(87-63(73)49-36-22-11-23-37-49)65(81-51)77-42-50-52(82-58(68)44-26-12-6-13-27-44)54(84-60(70)46-30-16-8-17-31-46)56(86-62(72)48-34-20-10-21-35-48)64(80-50)76-40-25-5-4-24-38-66/h6-23,26-37,50-57,64-65H,4-5,24-25,38-43,66H2,1-3H3/p+1/t50-,51-,52+,53+,54+,55+,56-,57-,64-,65-/m1/s1. The molecule has 23 heteroatoms. The Hall–Kier alpha value is -7.99. The van der Waals surface area contributed by atoms with E-state index in [4.69, 9.17) is 62.1 Å². The van der Waals surface area contributed by atoms with Crippen molar-refractivity contribution in [2.75, 3.05) is 60.7 Å². The Bertz CT molecular complexity index is 3240. The number of ether oxygens (including phenoxy) is 10. The topological polar surface area (TPSA) is 276 Å². The first-order valence-electron chi connectivity index (χ1n) is 28.7. The number of phosphoric ester groups is 1. The Labute approximate surface area is 509 Å². The maximum absolute atomic E-state index is 14.5. The number of likely N-dealkylation sites (N-methyl/N-ethyl adjacent to an activating group) is 1. The zero-order valence-corrected chi connectivity index (χ0v) is 49.7. The van der Waals surface area contributed by atoms with Crippen LogP contribution >= 0.6 is 7.82 Å². The number of benzene rings is 6. The molecule has 88 heavy (non-hydrogen) atoms. The van der Waals surface area contributed by atoms with Gasteiger partial charge < -0.3 is 62.5 Å². The number of unbranched alkanes of at least 4 members (excludes halogenated alkanes) is 3. The molecule has 2 fully saturated rings. The molecule has 6 aromatic carbocycles. The lowest BCUT2D eigenvalue weighted by Crippen LogP contribution is -2.65. The Morgan fingerprint density at radius 3 is 1.06 bits per heavy atom. The predicted molar refractivity (Wildman–Crippen MR) is 315 cm³/mol. The van der Waals surface area contributed by atoms with Crippen molar-refractivity contribution in [3.8, 4) is 0 Å². The fourth-order valence-corrected chi connectivity index (χ4v) is 10.0. The van der Waals surface area contributed by atoms with Gasteiger partial charge in [-0.25, -0.2) is 33.3 Å². The third kappa shape index (κ3) is 19.3. The smallest absolute Gasteiger partial charge is 0.452 e. The van der Waals surface area contributed by atoms with E-state index in [1.54, 1.807) is 109 Å². The number of nitrogens with zero attached hydrogens (tertiary/aromatic N) is 1. The summed E-state index contributed by atoms with van der Waals surface area (Å²) in [5.74, 6) is -5.75. The fraction of sp³-hybridized carbons (Fsp3) is 0.354. The number of nitrogens with two attached hydrogens (primary N) is 1. The second-order valence-corrected chi connectivity index (χ2v) is 23.0. The third-order valence-electron chi connectivity index (χ3n) is 13.9. The molecule has 0 bridgehead atoms. The van der Waals surface area contributed by atoms with Crippen LogP contribution < -0.4 is 5.73 Å². The molecule has 2 saturated heterocycles. The molecule has 0 saturated carbocycles. The summed E-state index contributed by atoms with van der Waals surface area (Å²) in [7, 11) is 0.556. The van der Waals surface area contributed by atoms with Gasteiger partial charge in [-0.1, -0.05) is 122 Å². The highest BCUT2D eigenvalue weighted by atomic mass is 31.2. The van der Waals surface area contributed by atoms with Crippen molar-refractivity contribution < 1.29 is 99.1 Å². The lowest BCUT2D eigenvalue weighted by molar-refractivity contribution is -0.870. The summed E-state index contributed by atoms with van der Waals surface area (Å²) < 4.78 is 88.9. The second kappa shape index (κ2) is 32.3. The van der Waals surface area contributed by atoms with Crippen LogP contribution in [0.15, 0.2) is 182 Å². The highest BCUT2D eigenvalue weighted by Crippen LogP contribution is 2.44. The van der Waals surface area contributed by atoms with Crippen molar-refractivity contribution in [3.05, 3.63) is 215 Å². The lowest BCUT2D eigenvalue weighted by Gasteiger charge is -2.46. The number of hydrogen-bond acceptors (Lipinski definition) is 20. The van der Waals surface area contributed by atoms with Crippen LogP contribution in [0.25, 0.3) is 0 Å². The maximum atomic E-state index is 14.5. The van der Waals surface area contributed by atoms with Crippen LogP contribution in [0.1, 0.15) is 87.8 Å². The van der Waals surface area contributed by atoms with Gasteiger partial charge in [0.1, 0.15) is 25.4 Å². The quantitative estimate of drug-likeness (QED) is 0.0147. The second-order valence-electron chi connectivity index (χ2n) is 21.5. The van der Waals surface area contributed by atoms with Crippen molar-refractivity contribution in [1.82, 2.24) is 0 Å². The number of rotatable bonds is 29. The Morgan fingerprint density at radius 2 is 0.716 bits per heavy atom. The molecule has 22 nitrogen and oxygen atoms in total. The minimum Gasteiger partial charge on any atom is -0.452 e. The number of carbonyl (C=O) groups excluding carboxylic acids is 6. The van der Waals surface area contributed by atoms with Gasteiger partial charge in [0, 0.05) is 6.61 Å². The van der Waals surface area contributed by atoms with Gasteiger partial charge in [-0.3, -0.25) is 9.05 Å². The highest BCUT2D eigenvalue weighted by Gasteiger charge is 2.57. The molecule has 2 heterocycles. The summed E-state index contributed by atoms with van der Waals surface area (Å²) in [5, 5.41) is 0. The molecule has 0 amide bonds. The van der Waals surface area contributed by atoms with Crippen LogP contribution in [-0.4, -0.2) is 167 Å². The molecular weight excluding hydrogens is 1160 g/mol. The van der Waals surface area contributed by atoms with Crippen molar-refractivity contribution in [1.29, 1.82) is 0 Å². The highest BCUT2D eigenvalue weighted by molar-refractivity contribution is 7.47. The van der Waals surface area contributed by atoms with Gasteiger partial charge in [-0.15, -0.1) is 0 Å². The average molecular weight is 1230 g/mol. The largest absolute Gasteiger partial charge is 0.472 e. The van der Waals surface area contributed by atoms with E-state index in [1.165, 1.54) is 72.8 Å². The number of phosphoric acid groups is 1. The van der Waals surface area contributed by atoms with Crippen molar-refractivity contribution in [2.24, 2.45) is 5.73 Å². The summed E-state index contributed by atoms with van der Waals surface area (Å²) in [4.78, 5) is 97.4. The number of hydrogen-bond donors (Lipinski definition) is 2. The first-order valence-corrected chi connectivity index (χ1v) is 30.2. The molecule has 8 rings (SSSR count). The van der Waals surface area contributed by atoms with Crippen LogP contribution in [0.4, 0.5) is 0 Å². The van der Waals surface area contributed by atoms with E-state index >= 15 is 0 Å². The van der Waals surface area contributed by atoms with E-state index in [-0.39, 0.29) is 53.1 Å². The molecule has 466 valence electrons. The van der Waals surface area contributed by atoms with Crippen molar-refractivity contribution in [3.63, 3.8) is 0 Å². The molecule has 11 atom stereocenters. The van der Waals surface area contributed by atoms with E-state index in [0.29, 0.717) is 23.9 Å². The summed E-state index contributed by atoms with van der Waals surface area (Å²) in [6.07, 6.45) is -15.1. The number of carbonyl (C=O) groups is 6. The molecule has 0 aromatic heterocycles. The third-order valence-corrected chi connectivity index (χ3v) is 14.9. The molecule has 0 spiro atoms. The zero-order valence-electron chi connectivity index (χ0n) is 48.8. The van der Waals surface area contributed by atoms with E-state index < -0.39 is 118 Å². The molecule has 6 aromatic rings. The van der Waals surface area contributed by atoms with Crippen LogP contribution in [-0.2, 0) is 61.0 Å². The van der Waals surface area contributed by atoms with Crippen LogP contribution in [0.3, 0.4) is 0 Å². The van der Waals surface area contributed by atoms with Crippen molar-refractivity contribution in [2.45, 2.75) is 87.1 Å². The molecule has 0 radical (unpaired) electrons. The van der Waals surface area contributed by atoms with Crippen molar-refractivity contribution >= 4 is 43.6 Å². The Kier molecular flexibility index (Phi) is 24.2. The summed E-state index contributed by atoms with van der Waals surface area (Å²) >= 11 is 0. The molecule has 2 aliphatic rings. The normalized spacial score (nSPS) is 22.4. The van der Waals surface area contributed by atoms with E-state index in [0.717, 1.165) is 12.8 Å².